The van der Waals surface area contributed by atoms with Gasteiger partial charge in [-0.05, 0) is 51.2 Å². The number of likely N-dealkylation sites (N-methyl/N-ethyl adjacent to an activating group) is 1. The Labute approximate surface area is 188 Å². The topological polar surface area (TPSA) is 36.0 Å². The van der Waals surface area contributed by atoms with Gasteiger partial charge in [-0.1, -0.05) is 18.2 Å². The van der Waals surface area contributed by atoms with Crippen LogP contribution in [0.25, 0.3) is 0 Å². The van der Waals surface area contributed by atoms with Crippen LogP contribution in [0.15, 0.2) is 42.5 Å². The Morgan fingerprint density at radius 3 is 2.78 bits per heavy atom. The maximum Gasteiger partial charge on any atom is 0.227 e. The molecule has 2 aliphatic heterocycles. The number of fused-ring (bicyclic) bond motifs is 1. The van der Waals surface area contributed by atoms with Gasteiger partial charge in [-0.15, -0.1) is 0 Å². The lowest BCUT2D eigenvalue weighted by Crippen LogP contribution is -2.50. The Balaban J connectivity index is 1.49. The fourth-order valence-electron chi connectivity index (χ4n) is 4.79. The van der Waals surface area contributed by atoms with E-state index in [1.165, 1.54) is 0 Å². The summed E-state index contributed by atoms with van der Waals surface area (Å²) in [5, 5.41) is 0. The molecule has 0 aliphatic carbocycles. The maximum absolute atomic E-state index is 14.1. The summed E-state index contributed by atoms with van der Waals surface area (Å²) >= 11 is 0. The number of hydrogen-bond acceptors (Lipinski definition) is 4. The average Bonchev–Trinajstić information content (AvgIpc) is 3.15. The van der Waals surface area contributed by atoms with Gasteiger partial charge in [-0.25, -0.2) is 8.78 Å². The van der Waals surface area contributed by atoms with Crippen molar-refractivity contribution in [3.8, 4) is 5.75 Å². The largest absolute Gasteiger partial charge is 0.492 e. The summed E-state index contributed by atoms with van der Waals surface area (Å²) in [5.41, 5.74) is 1.26. The number of amides is 1. The summed E-state index contributed by atoms with van der Waals surface area (Å²) in [5.74, 6) is -0.294. The van der Waals surface area contributed by atoms with Gasteiger partial charge in [0.25, 0.3) is 0 Å². The molecule has 7 heteroatoms. The molecule has 0 N–H and O–H groups in total. The maximum atomic E-state index is 14.1. The van der Waals surface area contributed by atoms with Crippen molar-refractivity contribution in [1.29, 1.82) is 0 Å². The van der Waals surface area contributed by atoms with Gasteiger partial charge < -0.3 is 14.5 Å². The van der Waals surface area contributed by atoms with E-state index in [1.54, 1.807) is 0 Å². The first-order chi connectivity index (χ1) is 15.4. The number of rotatable bonds is 6. The third-order valence-corrected chi connectivity index (χ3v) is 6.36. The summed E-state index contributed by atoms with van der Waals surface area (Å²) in [6.07, 6.45) is 1.71. The number of benzene rings is 2. The van der Waals surface area contributed by atoms with E-state index >= 15 is 0 Å². The molecule has 2 aromatic rings. The Morgan fingerprint density at radius 1 is 1.16 bits per heavy atom. The normalized spacial score (nSPS) is 21.3. The van der Waals surface area contributed by atoms with E-state index in [4.69, 9.17) is 4.74 Å². The van der Waals surface area contributed by atoms with E-state index in [2.05, 4.69) is 30.0 Å². The van der Waals surface area contributed by atoms with Gasteiger partial charge in [-0.2, -0.15) is 0 Å². The number of para-hydroxylation sites is 1. The molecule has 1 amide bonds. The fourth-order valence-corrected chi connectivity index (χ4v) is 4.79. The van der Waals surface area contributed by atoms with Crippen LogP contribution >= 0.6 is 0 Å². The number of likely N-dealkylation sites (tertiary alicyclic amines) is 1. The number of halogens is 2. The second-order valence-corrected chi connectivity index (χ2v) is 9.06. The number of nitrogens with zero attached hydrogens (tertiary/aromatic N) is 3. The lowest BCUT2D eigenvalue weighted by atomic mass is 10.1. The van der Waals surface area contributed by atoms with E-state index in [0.717, 1.165) is 62.0 Å². The van der Waals surface area contributed by atoms with Crippen molar-refractivity contribution in [3.05, 3.63) is 65.2 Å². The summed E-state index contributed by atoms with van der Waals surface area (Å²) in [4.78, 5) is 19.5. The molecule has 5 nitrogen and oxygen atoms in total. The summed E-state index contributed by atoms with van der Waals surface area (Å²) in [7, 11) is 4.10. The molecule has 1 fully saturated rings. The van der Waals surface area contributed by atoms with Gasteiger partial charge >= 0.3 is 0 Å². The molecule has 0 bridgehead atoms. The van der Waals surface area contributed by atoms with Gasteiger partial charge in [-0.3, -0.25) is 9.69 Å². The smallest absolute Gasteiger partial charge is 0.227 e. The first-order valence-corrected chi connectivity index (χ1v) is 11.2. The summed E-state index contributed by atoms with van der Waals surface area (Å²) < 4.78 is 33.7. The standard InChI is InChI=1S/C25H31F2N3O2/c1-28(2)15-22-17-32-24-8-4-3-6-18(24)14-29(22)16-21-7-5-11-30(21)25(31)13-19-12-20(26)9-10-23(19)27/h3-4,6,8-10,12,21-22H,5,7,11,13-17H2,1-2H3/t21-,22-/m1/s1. The predicted octanol–water partition coefficient (Wildman–Crippen LogP) is 3.32. The van der Waals surface area contributed by atoms with Crippen molar-refractivity contribution < 1.29 is 18.3 Å². The first kappa shape index (κ1) is 22.7. The predicted molar refractivity (Wildman–Crippen MR) is 119 cm³/mol. The average molecular weight is 444 g/mol. The first-order valence-electron chi connectivity index (χ1n) is 11.2. The van der Waals surface area contributed by atoms with Crippen LogP contribution in [0.1, 0.15) is 24.0 Å². The highest BCUT2D eigenvalue weighted by molar-refractivity contribution is 5.79. The van der Waals surface area contributed by atoms with Gasteiger partial charge in [0.2, 0.25) is 5.91 Å². The van der Waals surface area contributed by atoms with Crippen molar-refractivity contribution >= 4 is 5.91 Å². The third kappa shape index (κ3) is 5.27. The summed E-state index contributed by atoms with van der Waals surface area (Å²) in [6, 6.07) is 11.6. The number of ether oxygens (including phenoxy) is 1. The lowest BCUT2D eigenvalue weighted by Gasteiger charge is -2.35. The Bertz CT molecular complexity index is 953. The highest BCUT2D eigenvalue weighted by Crippen LogP contribution is 2.28. The highest BCUT2D eigenvalue weighted by atomic mass is 19.1. The van der Waals surface area contributed by atoms with E-state index in [-0.39, 0.29) is 30.0 Å². The van der Waals surface area contributed by atoms with Crippen LogP contribution in [0.3, 0.4) is 0 Å². The molecule has 2 atom stereocenters. The molecule has 2 aliphatic rings. The zero-order valence-corrected chi connectivity index (χ0v) is 18.8. The van der Waals surface area contributed by atoms with Gasteiger partial charge in [0.1, 0.15) is 24.0 Å². The minimum absolute atomic E-state index is 0.0500. The molecule has 0 aromatic heterocycles. The van der Waals surface area contributed by atoms with E-state index in [0.29, 0.717) is 13.2 Å². The van der Waals surface area contributed by atoms with Crippen LogP contribution < -0.4 is 4.74 Å². The third-order valence-electron chi connectivity index (χ3n) is 6.36. The Morgan fingerprint density at radius 2 is 1.97 bits per heavy atom. The van der Waals surface area contributed by atoms with Crippen molar-refractivity contribution in [1.82, 2.24) is 14.7 Å². The number of carbonyl (C=O) groups is 1. The second-order valence-electron chi connectivity index (χ2n) is 9.06. The van der Waals surface area contributed by atoms with E-state index < -0.39 is 11.6 Å². The molecule has 2 heterocycles. The monoisotopic (exact) mass is 443 g/mol. The van der Waals surface area contributed by atoms with Crippen molar-refractivity contribution in [2.45, 2.75) is 37.9 Å². The minimum Gasteiger partial charge on any atom is -0.492 e. The molecule has 0 unspecified atom stereocenters. The van der Waals surface area contributed by atoms with Crippen LogP contribution in [0.4, 0.5) is 8.78 Å². The Kier molecular flexibility index (Phi) is 7.06. The molecule has 1 saturated heterocycles. The quantitative estimate of drug-likeness (QED) is 0.686. The van der Waals surface area contributed by atoms with E-state index in [9.17, 15) is 13.6 Å². The summed E-state index contributed by atoms with van der Waals surface area (Å²) in [6.45, 7) is 3.58. The molecule has 0 radical (unpaired) electrons. The molecular weight excluding hydrogens is 412 g/mol. The molecule has 0 spiro atoms. The van der Waals surface area contributed by atoms with Crippen LogP contribution in [-0.4, -0.2) is 73.0 Å². The molecule has 2 aromatic carbocycles. The molecule has 4 rings (SSSR count). The van der Waals surface area contributed by atoms with Gasteiger partial charge in [0.05, 0.1) is 12.5 Å². The molecule has 172 valence electrons. The van der Waals surface area contributed by atoms with E-state index in [1.807, 2.05) is 23.1 Å². The number of carbonyl (C=O) groups excluding carboxylic acids is 1. The number of hydrogen-bond donors (Lipinski definition) is 0. The van der Waals surface area contributed by atoms with Crippen molar-refractivity contribution in [3.63, 3.8) is 0 Å². The molecular formula is C25H31F2N3O2. The van der Waals surface area contributed by atoms with Crippen LogP contribution in [-0.2, 0) is 17.8 Å². The molecule has 32 heavy (non-hydrogen) atoms. The lowest BCUT2D eigenvalue weighted by molar-refractivity contribution is -0.131. The zero-order valence-electron chi connectivity index (χ0n) is 18.8. The van der Waals surface area contributed by atoms with Gasteiger partial charge in [0.15, 0.2) is 0 Å². The minimum atomic E-state index is -0.539. The van der Waals surface area contributed by atoms with Gasteiger partial charge in [0, 0.05) is 43.3 Å². The highest BCUT2D eigenvalue weighted by Gasteiger charge is 2.34. The molecule has 0 saturated carbocycles. The van der Waals surface area contributed by atoms with Crippen molar-refractivity contribution in [2.24, 2.45) is 0 Å². The SMILES string of the molecule is CN(C)C[C@@H]1COc2ccccc2CN1C[C@H]1CCCN1C(=O)Cc1cc(F)ccc1F. The zero-order chi connectivity index (χ0) is 22.7. The van der Waals surface area contributed by atoms with Crippen LogP contribution in [0, 0.1) is 11.6 Å². The van der Waals surface area contributed by atoms with Crippen LogP contribution in [0.2, 0.25) is 0 Å². The van der Waals surface area contributed by atoms with Crippen molar-refractivity contribution in [2.75, 3.05) is 40.3 Å². The Hall–Kier alpha value is -2.51. The fraction of sp³-hybridized carbons (Fsp3) is 0.480. The van der Waals surface area contributed by atoms with Crippen LogP contribution in [0.5, 0.6) is 5.75 Å². The second kappa shape index (κ2) is 9.96.